The predicted molar refractivity (Wildman–Crippen MR) is 85.7 cm³/mol. The van der Waals surface area contributed by atoms with Gasteiger partial charge in [0.05, 0.1) is 6.04 Å². The fourth-order valence-electron chi connectivity index (χ4n) is 2.40. The lowest BCUT2D eigenvalue weighted by atomic mass is 10.0. The summed E-state index contributed by atoms with van der Waals surface area (Å²) < 4.78 is 0. The van der Waals surface area contributed by atoms with Crippen molar-refractivity contribution in [3.63, 3.8) is 0 Å². The summed E-state index contributed by atoms with van der Waals surface area (Å²) in [7, 11) is 0. The number of aliphatic carboxylic acids is 1. The summed E-state index contributed by atoms with van der Waals surface area (Å²) in [4.78, 5) is 22.0. The molecular formula is C17H18N2O4. The molecular weight excluding hydrogens is 296 g/mol. The Labute approximate surface area is 133 Å². The SMILES string of the molecule is O=C(O)[C@H](Cc1ccccc1)NC(C[N+](=O)[O-])c1ccccc1. The molecule has 1 unspecified atom stereocenters. The van der Waals surface area contributed by atoms with E-state index in [1.54, 1.807) is 24.3 Å². The maximum absolute atomic E-state index is 11.5. The number of carboxylic acid groups (broad SMARTS) is 1. The molecule has 6 nitrogen and oxygen atoms in total. The van der Waals surface area contributed by atoms with Crippen LogP contribution in [0.4, 0.5) is 0 Å². The van der Waals surface area contributed by atoms with Gasteiger partial charge in [-0.25, -0.2) is 0 Å². The smallest absolute Gasteiger partial charge is 0.321 e. The highest BCUT2D eigenvalue weighted by atomic mass is 16.6. The van der Waals surface area contributed by atoms with Gasteiger partial charge in [0.15, 0.2) is 0 Å². The van der Waals surface area contributed by atoms with E-state index in [-0.39, 0.29) is 13.0 Å². The highest BCUT2D eigenvalue weighted by Gasteiger charge is 2.26. The Morgan fingerprint density at radius 1 is 1.09 bits per heavy atom. The van der Waals surface area contributed by atoms with Crippen molar-refractivity contribution in [2.24, 2.45) is 0 Å². The highest BCUT2D eigenvalue weighted by Crippen LogP contribution is 2.15. The van der Waals surface area contributed by atoms with Crippen LogP contribution in [0.5, 0.6) is 0 Å². The number of carboxylic acids is 1. The first kappa shape index (κ1) is 16.6. The van der Waals surface area contributed by atoms with E-state index in [0.29, 0.717) is 5.56 Å². The van der Waals surface area contributed by atoms with Crippen molar-refractivity contribution < 1.29 is 14.8 Å². The van der Waals surface area contributed by atoms with E-state index < -0.39 is 23.0 Å². The predicted octanol–water partition coefficient (Wildman–Crippen LogP) is 2.29. The number of carbonyl (C=O) groups is 1. The maximum Gasteiger partial charge on any atom is 0.321 e. The molecule has 0 aliphatic rings. The molecule has 0 aliphatic carbocycles. The zero-order valence-corrected chi connectivity index (χ0v) is 12.5. The summed E-state index contributed by atoms with van der Waals surface area (Å²) in [5.74, 6) is -1.03. The molecule has 0 fully saturated rings. The van der Waals surface area contributed by atoms with E-state index in [0.717, 1.165) is 5.56 Å². The maximum atomic E-state index is 11.5. The van der Waals surface area contributed by atoms with Crippen molar-refractivity contribution in [1.29, 1.82) is 0 Å². The second-order valence-electron chi connectivity index (χ2n) is 5.23. The quantitative estimate of drug-likeness (QED) is 0.576. The largest absolute Gasteiger partial charge is 0.480 e. The van der Waals surface area contributed by atoms with Crippen molar-refractivity contribution in [2.45, 2.75) is 18.5 Å². The van der Waals surface area contributed by atoms with Crippen LogP contribution in [-0.4, -0.2) is 28.6 Å². The lowest BCUT2D eigenvalue weighted by molar-refractivity contribution is -0.484. The molecule has 0 aromatic heterocycles. The molecule has 2 atom stereocenters. The molecule has 2 N–H and O–H groups in total. The zero-order valence-electron chi connectivity index (χ0n) is 12.5. The van der Waals surface area contributed by atoms with Crippen molar-refractivity contribution in [2.75, 3.05) is 6.54 Å². The number of benzene rings is 2. The molecule has 0 heterocycles. The van der Waals surface area contributed by atoms with Crippen LogP contribution in [0.1, 0.15) is 17.2 Å². The Balaban J connectivity index is 2.17. The summed E-state index contributed by atoms with van der Waals surface area (Å²) in [6.07, 6.45) is 0.261. The summed E-state index contributed by atoms with van der Waals surface area (Å²) in [5.41, 5.74) is 1.56. The molecule has 0 bridgehead atoms. The van der Waals surface area contributed by atoms with Crippen molar-refractivity contribution in [1.82, 2.24) is 5.32 Å². The van der Waals surface area contributed by atoms with Crippen LogP contribution in [-0.2, 0) is 11.2 Å². The van der Waals surface area contributed by atoms with E-state index in [1.165, 1.54) is 0 Å². The summed E-state index contributed by atoms with van der Waals surface area (Å²) in [6.45, 7) is -0.372. The number of rotatable bonds is 8. The van der Waals surface area contributed by atoms with Gasteiger partial charge in [-0.05, 0) is 17.5 Å². The molecule has 0 spiro atoms. The highest BCUT2D eigenvalue weighted by molar-refractivity contribution is 5.74. The van der Waals surface area contributed by atoms with Gasteiger partial charge in [-0.15, -0.1) is 0 Å². The fourth-order valence-corrected chi connectivity index (χ4v) is 2.40. The third-order valence-electron chi connectivity index (χ3n) is 3.52. The molecule has 6 heteroatoms. The number of nitrogens with zero attached hydrogens (tertiary/aromatic N) is 1. The molecule has 0 saturated heterocycles. The lowest BCUT2D eigenvalue weighted by Gasteiger charge is -2.21. The third-order valence-corrected chi connectivity index (χ3v) is 3.52. The summed E-state index contributed by atoms with van der Waals surface area (Å²) in [6, 6.07) is 16.5. The van der Waals surface area contributed by atoms with E-state index in [9.17, 15) is 20.0 Å². The topological polar surface area (TPSA) is 92.5 Å². The normalized spacial score (nSPS) is 13.2. The Kier molecular flexibility index (Phi) is 5.82. The van der Waals surface area contributed by atoms with E-state index >= 15 is 0 Å². The Morgan fingerprint density at radius 3 is 2.17 bits per heavy atom. The molecule has 23 heavy (non-hydrogen) atoms. The van der Waals surface area contributed by atoms with Crippen LogP contribution in [0.25, 0.3) is 0 Å². The standard InChI is InChI=1S/C17H18N2O4/c20-17(21)15(11-13-7-3-1-4-8-13)18-16(12-19(22)23)14-9-5-2-6-10-14/h1-10,15-16,18H,11-12H2,(H,20,21)/t15-,16?/m0/s1. The van der Waals surface area contributed by atoms with Crippen LogP contribution >= 0.6 is 0 Å². The Bertz CT molecular complexity index is 646. The van der Waals surface area contributed by atoms with Gasteiger partial charge in [-0.3, -0.25) is 20.2 Å². The van der Waals surface area contributed by atoms with Crippen LogP contribution in [0.15, 0.2) is 60.7 Å². The van der Waals surface area contributed by atoms with Gasteiger partial charge < -0.3 is 5.11 Å². The van der Waals surface area contributed by atoms with Gasteiger partial charge in [0.25, 0.3) is 0 Å². The van der Waals surface area contributed by atoms with E-state index in [2.05, 4.69) is 5.32 Å². The first-order valence-electron chi connectivity index (χ1n) is 7.26. The third kappa shape index (κ3) is 5.19. The minimum absolute atomic E-state index is 0.261. The minimum atomic E-state index is -1.03. The fraction of sp³-hybridized carbons (Fsp3) is 0.235. The molecule has 2 aromatic rings. The van der Waals surface area contributed by atoms with Crippen LogP contribution < -0.4 is 5.32 Å². The number of hydrogen-bond donors (Lipinski definition) is 2. The Hall–Kier alpha value is -2.73. The van der Waals surface area contributed by atoms with Gasteiger partial charge in [-0.2, -0.15) is 0 Å². The lowest BCUT2D eigenvalue weighted by Crippen LogP contribution is -2.43. The average Bonchev–Trinajstić information content (AvgIpc) is 2.54. The average molecular weight is 314 g/mol. The molecule has 120 valence electrons. The zero-order chi connectivity index (χ0) is 16.7. The van der Waals surface area contributed by atoms with Crippen molar-refractivity contribution >= 4 is 5.97 Å². The molecule has 0 saturated carbocycles. The van der Waals surface area contributed by atoms with Gasteiger partial charge in [-0.1, -0.05) is 60.7 Å². The second-order valence-corrected chi connectivity index (χ2v) is 5.23. The van der Waals surface area contributed by atoms with Crippen molar-refractivity contribution in [3.05, 3.63) is 81.9 Å². The molecule has 0 radical (unpaired) electrons. The van der Waals surface area contributed by atoms with Crippen molar-refractivity contribution in [3.8, 4) is 0 Å². The monoisotopic (exact) mass is 314 g/mol. The number of nitrogens with one attached hydrogen (secondary N) is 1. The van der Waals surface area contributed by atoms with Crippen LogP contribution in [0.3, 0.4) is 0 Å². The first-order valence-corrected chi connectivity index (χ1v) is 7.26. The summed E-state index contributed by atoms with van der Waals surface area (Å²) in [5, 5.41) is 23.3. The van der Waals surface area contributed by atoms with E-state index in [4.69, 9.17) is 0 Å². The molecule has 0 amide bonds. The van der Waals surface area contributed by atoms with Gasteiger partial charge >= 0.3 is 5.97 Å². The minimum Gasteiger partial charge on any atom is -0.480 e. The molecule has 2 aromatic carbocycles. The molecule has 0 aliphatic heterocycles. The molecule has 2 rings (SSSR count). The number of hydrogen-bond acceptors (Lipinski definition) is 4. The van der Waals surface area contributed by atoms with E-state index in [1.807, 2.05) is 36.4 Å². The van der Waals surface area contributed by atoms with Gasteiger partial charge in [0.2, 0.25) is 6.54 Å². The second kappa shape index (κ2) is 8.05. The van der Waals surface area contributed by atoms with Gasteiger partial charge in [0.1, 0.15) is 6.04 Å². The Morgan fingerprint density at radius 2 is 1.65 bits per heavy atom. The van der Waals surface area contributed by atoms with Crippen LogP contribution in [0, 0.1) is 10.1 Å². The summed E-state index contributed by atoms with van der Waals surface area (Å²) >= 11 is 0. The number of nitro groups is 1. The van der Waals surface area contributed by atoms with Gasteiger partial charge in [0, 0.05) is 4.92 Å². The first-order chi connectivity index (χ1) is 11.1. The van der Waals surface area contributed by atoms with Crippen LogP contribution in [0.2, 0.25) is 0 Å².